The first kappa shape index (κ1) is 15.2. The average molecular weight is 268 g/mol. The molecule has 6 heteroatoms. The minimum atomic E-state index is -0.609. The third-order valence-electron chi connectivity index (χ3n) is 1.80. The molecule has 1 heterocycles. The molecule has 0 aliphatic rings. The van der Waals surface area contributed by atoms with Crippen molar-refractivity contribution >= 4 is 11.9 Å². The molecule has 106 valence electrons. The molecule has 0 saturated heterocycles. The Morgan fingerprint density at radius 1 is 1.00 bits per heavy atom. The molecule has 1 rings (SSSR count). The zero-order valence-corrected chi connectivity index (χ0v) is 12.2. The van der Waals surface area contributed by atoms with Crippen molar-refractivity contribution < 1.29 is 19.1 Å². The zero-order chi connectivity index (χ0) is 14.8. The lowest BCUT2D eigenvalue weighted by Crippen LogP contribution is -2.24. The Morgan fingerprint density at radius 3 is 1.95 bits per heavy atom. The van der Waals surface area contributed by atoms with Gasteiger partial charge in [0.15, 0.2) is 5.69 Å². The molecule has 6 nitrogen and oxygen atoms in total. The molecule has 0 aromatic carbocycles. The van der Waals surface area contributed by atoms with Crippen LogP contribution in [0.1, 0.15) is 62.5 Å². The fourth-order valence-electron chi connectivity index (χ4n) is 1.19. The Morgan fingerprint density at radius 2 is 1.47 bits per heavy atom. The minimum absolute atomic E-state index is 0.0517. The topological polar surface area (TPSA) is 81.3 Å². The number of ether oxygens (including phenoxy) is 2. The lowest BCUT2D eigenvalue weighted by atomic mass is 10.2. The molecule has 0 bridgehead atoms. The standard InChI is InChI=1S/C13H20N2O4/c1-12(2,3)18-10(16)8-7-9(15-14-8)11(17)19-13(4,5)6/h7H,1-6H3,(H,14,15). The molecule has 0 atom stereocenters. The van der Waals surface area contributed by atoms with E-state index < -0.39 is 23.1 Å². The molecule has 0 saturated carbocycles. The highest BCUT2D eigenvalue weighted by Gasteiger charge is 2.24. The predicted molar refractivity (Wildman–Crippen MR) is 68.9 cm³/mol. The highest BCUT2D eigenvalue weighted by atomic mass is 16.6. The first-order valence-corrected chi connectivity index (χ1v) is 6.00. The summed E-state index contributed by atoms with van der Waals surface area (Å²) in [6.07, 6.45) is 0. The minimum Gasteiger partial charge on any atom is -0.455 e. The molecule has 0 unspecified atom stereocenters. The van der Waals surface area contributed by atoms with Gasteiger partial charge in [0.2, 0.25) is 0 Å². The highest BCUT2D eigenvalue weighted by molar-refractivity contribution is 5.93. The Hall–Kier alpha value is -1.85. The third-order valence-corrected chi connectivity index (χ3v) is 1.80. The number of nitrogens with one attached hydrogen (secondary N) is 1. The second-order valence-electron chi connectivity index (χ2n) is 6.17. The van der Waals surface area contributed by atoms with E-state index in [0.29, 0.717) is 0 Å². The molecule has 0 fully saturated rings. The summed E-state index contributed by atoms with van der Waals surface area (Å²) >= 11 is 0. The van der Waals surface area contributed by atoms with Crippen LogP contribution in [-0.2, 0) is 9.47 Å². The summed E-state index contributed by atoms with van der Waals surface area (Å²) in [5.74, 6) is -1.15. The van der Waals surface area contributed by atoms with Crippen LogP contribution in [-0.4, -0.2) is 33.3 Å². The Labute approximate surface area is 112 Å². The van der Waals surface area contributed by atoms with Gasteiger partial charge in [-0.15, -0.1) is 0 Å². The molecule has 0 radical (unpaired) electrons. The van der Waals surface area contributed by atoms with Gasteiger partial charge < -0.3 is 9.47 Å². The van der Waals surface area contributed by atoms with Gasteiger partial charge in [-0.2, -0.15) is 5.10 Å². The van der Waals surface area contributed by atoms with Gasteiger partial charge in [0.25, 0.3) is 0 Å². The van der Waals surface area contributed by atoms with Gasteiger partial charge in [-0.25, -0.2) is 9.59 Å². The number of carbonyl (C=O) groups excluding carboxylic acids is 2. The number of H-pyrrole nitrogens is 1. The molecule has 1 aromatic heterocycles. The number of nitrogens with zero attached hydrogens (tertiary/aromatic N) is 1. The van der Waals surface area contributed by atoms with Gasteiger partial charge >= 0.3 is 11.9 Å². The Bertz CT molecular complexity index is 435. The molecule has 0 spiro atoms. The van der Waals surface area contributed by atoms with Crippen molar-refractivity contribution in [1.82, 2.24) is 10.2 Å². The van der Waals surface area contributed by atoms with Crippen molar-refractivity contribution in [3.05, 3.63) is 17.5 Å². The molecule has 0 aliphatic carbocycles. The summed E-state index contributed by atoms with van der Waals surface area (Å²) in [7, 11) is 0. The van der Waals surface area contributed by atoms with Crippen LogP contribution in [0.15, 0.2) is 6.07 Å². The van der Waals surface area contributed by atoms with E-state index in [4.69, 9.17) is 9.47 Å². The Balaban J connectivity index is 2.77. The van der Waals surface area contributed by atoms with Crippen LogP contribution in [0.5, 0.6) is 0 Å². The highest BCUT2D eigenvalue weighted by Crippen LogP contribution is 2.14. The molecule has 1 aromatic rings. The first-order valence-electron chi connectivity index (χ1n) is 6.00. The van der Waals surface area contributed by atoms with Crippen molar-refractivity contribution in [2.45, 2.75) is 52.7 Å². The third kappa shape index (κ3) is 5.11. The maximum Gasteiger partial charge on any atom is 0.359 e. The molecule has 19 heavy (non-hydrogen) atoms. The summed E-state index contributed by atoms with van der Waals surface area (Å²) in [6.45, 7) is 10.5. The van der Waals surface area contributed by atoms with Crippen LogP contribution in [0.3, 0.4) is 0 Å². The van der Waals surface area contributed by atoms with E-state index in [1.54, 1.807) is 41.5 Å². The maximum atomic E-state index is 11.7. The van der Waals surface area contributed by atoms with Crippen LogP contribution in [0.2, 0.25) is 0 Å². The van der Waals surface area contributed by atoms with Crippen molar-refractivity contribution in [2.24, 2.45) is 0 Å². The summed E-state index contributed by atoms with van der Waals surface area (Å²) in [5.41, 5.74) is -1.04. The summed E-state index contributed by atoms with van der Waals surface area (Å²) < 4.78 is 10.3. The molecule has 0 aliphatic heterocycles. The summed E-state index contributed by atoms with van der Waals surface area (Å²) in [6, 6.07) is 1.32. The lowest BCUT2D eigenvalue weighted by Gasteiger charge is -2.18. The van der Waals surface area contributed by atoms with E-state index in [0.717, 1.165) is 0 Å². The van der Waals surface area contributed by atoms with Gasteiger partial charge in [-0.05, 0) is 41.5 Å². The second kappa shape index (κ2) is 5.03. The number of rotatable bonds is 2. The van der Waals surface area contributed by atoms with Crippen molar-refractivity contribution in [3.8, 4) is 0 Å². The molecular formula is C13H20N2O4. The van der Waals surface area contributed by atoms with E-state index in [-0.39, 0.29) is 11.4 Å². The summed E-state index contributed by atoms with van der Waals surface area (Å²) in [4.78, 5) is 23.5. The van der Waals surface area contributed by atoms with Gasteiger partial charge in [0.1, 0.15) is 16.9 Å². The van der Waals surface area contributed by atoms with Crippen LogP contribution < -0.4 is 0 Å². The van der Waals surface area contributed by atoms with Gasteiger partial charge in [-0.1, -0.05) is 0 Å². The van der Waals surface area contributed by atoms with Crippen molar-refractivity contribution in [1.29, 1.82) is 0 Å². The number of esters is 2. The zero-order valence-electron chi connectivity index (χ0n) is 12.2. The van der Waals surface area contributed by atoms with E-state index in [9.17, 15) is 9.59 Å². The molecule has 1 N–H and O–H groups in total. The first-order chi connectivity index (χ1) is 8.48. The van der Waals surface area contributed by atoms with Crippen molar-refractivity contribution in [2.75, 3.05) is 0 Å². The molecule has 0 amide bonds. The van der Waals surface area contributed by atoms with E-state index in [2.05, 4.69) is 10.2 Å². The smallest absolute Gasteiger partial charge is 0.359 e. The van der Waals surface area contributed by atoms with Crippen molar-refractivity contribution in [3.63, 3.8) is 0 Å². The quantitative estimate of drug-likeness (QED) is 0.832. The van der Waals surface area contributed by atoms with Gasteiger partial charge in [-0.3, -0.25) is 5.10 Å². The van der Waals surface area contributed by atoms with Crippen LogP contribution in [0.25, 0.3) is 0 Å². The molecular weight excluding hydrogens is 248 g/mol. The van der Waals surface area contributed by atoms with Gasteiger partial charge in [0.05, 0.1) is 0 Å². The lowest BCUT2D eigenvalue weighted by molar-refractivity contribution is 0.00542. The normalized spacial score (nSPS) is 12.1. The summed E-state index contributed by atoms with van der Waals surface area (Å²) in [5, 5.41) is 6.22. The predicted octanol–water partition coefficient (Wildman–Crippen LogP) is 2.32. The van der Waals surface area contributed by atoms with E-state index in [1.165, 1.54) is 6.07 Å². The number of aromatic amines is 1. The van der Waals surface area contributed by atoms with Crippen LogP contribution >= 0.6 is 0 Å². The van der Waals surface area contributed by atoms with Crippen LogP contribution in [0, 0.1) is 0 Å². The van der Waals surface area contributed by atoms with Crippen LogP contribution in [0.4, 0.5) is 0 Å². The SMILES string of the molecule is CC(C)(C)OC(=O)c1cc(C(=O)OC(C)(C)C)[nH]n1. The second-order valence-corrected chi connectivity index (χ2v) is 6.17. The fraction of sp³-hybridized carbons (Fsp3) is 0.615. The number of aromatic nitrogens is 2. The van der Waals surface area contributed by atoms with Gasteiger partial charge in [0, 0.05) is 6.07 Å². The number of carbonyl (C=O) groups is 2. The maximum absolute atomic E-state index is 11.7. The largest absolute Gasteiger partial charge is 0.455 e. The fourth-order valence-corrected chi connectivity index (χ4v) is 1.19. The Kier molecular flexibility index (Phi) is 4.03. The number of hydrogen-bond donors (Lipinski definition) is 1. The van der Waals surface area contributed by atoms with E-state index in [1.807, 2.05) is 0 Å². The van der Waals surface area contributed by atoms with E-state index >= 15 is 0 Å². The number of hydrogen-bond acceptors (Lipinski definition) is 5. The average Bonchev–Trinajstić information content (AvgIpc) is 2.60. The monoisotopic (exact) mass is 268 g/mol.